The molecule has 0 spiro atoms. The Morgan fingerprint density at radius 3 is 2.52 bits per heavy atom. The Morgan fingerprint density at radius 2 is 1.97 bits per heavy atom. The predicted molar refractivity (Wildman–Crippen MR) is 117 cm³/mol. The molecule has 9 nitrogen and oxygen atoms in total. The van der Waals surface area contributed by atoms with E-state index < -0.39 is 48.7 Å². The molecule has 3 amide bonds. The lowest BCUT2D eigenvalue weighted by molar-refractivity contribution is -0.156. The number of carbonyl (C=O) groups is 3. The van der Waals surface area contributed by atoms with Crippen LogP contribution in [0.15, 0.2) is 24.3 Å². The molecule has 1 aromatic rings. The number of hydrogen-bond donors (Lipinski definition) is 3. The second-order valence-electron chi connectivity index (χ2n) is 8.18. The van der Waals surface area contributed by atoms with E-state index in [-0.39, 0.29) is 6.54 Å². The third kappa shape index (κ3) is 7.24. The molecule has 1 fully saturated rings. The second kappa shape index (κ2) is 11.6. The number of likely N-dealkylation sites (N-methyl/N-ethyl adjacent to an activating group) is 1. The van der Waals surface area contributed by atoms with Gasteiger partial charge in [0.05, 0.1) is 18.2 Å². The highest BCUT2D eigenvalue weighted by atomic mass is 35.5. The molecule has 1 aliphatic heterocycles. The Hall–Kier alpha value is -2.50. The van der Waals surface area contributed by atoms with Gasteiger partial charge in [0.25, 0.3) is 0 Å². The monoisotopic (exact) mass is 490 g/mol. The first kappa shape index (κ1) is 26.7. The number of nitrogens with one attached hydrogen (secondary N) is 1. The maximum Gasteiger partial charge on any atom is 0.407 e. The van der Waals surface area contributed by atoms with E-state index in [1.165, 1.54) is 23.8 Å². The van der Waals surface area contributed by atoms with Crippen molar-refractivity contribution in [3.05, 3.63) is 34.9 Å². The molecule has 12 heteroatoms. The zero-order valence-corrected chi connectivity index (χ0v) is 19.2. The van der Waals surface area contributed by atoms with Crippen LogP contribution in [0.2, 0.25) is 5.02 Å². The van der Waals surface area contributed by atoms with Gasteiger partial charge in [0.1, 0.15) is 6.04 Å². The van der Waals surface area contributed by atoms with Crippen LogP contribution in [0.25, 0.3) is 0 Å². The number of benzene rings is 1. The molecule has 184 valence electrons. The summed E-state index contributed by atoms with van der Waals surface area (Å²) >= 11 is 5.97. The topological polar surface area (TPSA) is 125 Å². The van der Waals surface area contributed by atoms with Gasteiger partial charge >= 0.3 is 12.7 Å². The molecule has 1 saturated heterocycles. The Kier molecular flexibility index (Phi) is 9.38. The van der Waals surface area contributed by atoms with Crippen molar-refractivity contribution in [2.45, 2.75) is 50.4 Å². The van der Waals surface area contributed by atoms with Gasteiger partial charge in [-0.3, -0.25) is 9.59 Å². The number of alkyl halides is 2. The molecule has 0 aromatic heterocycles. The highest BCUT2D eigenvalue weighted by molar-refractivity contribution is 6.30. The number of likely N-dealkylation sites (tertiary alicyclic amines) is 1. The average Bonchev–Trinajstić information content (AvgIpc) is 2.76. The smallest absolute Gasteiger partial charge is 0.407 e. The zero-order chi connectivity index (χ0) is 24.8. The largest absolute Gasteiger partial charge is 0.465 e. The van der Waals surface area contributed by atoms with Crippen molar-refractivity contribution in [2.75, 3.05) is 26.7 Å². The Morgan fingerprint density at radius 1 is 1.33 bits per heavy atom. The van der Waals surface area contributed by atoms with Gasteiger partial charge in [0.2, 0.25) is 11.8 Å². The van der Waals surface area contributed by atoms with Crippen LogP contribution in [-0.4, -0.2) is 83.8 Å². The average molecular weight is 491 g/mol. The molecule has 0 radical (unpaired) electrons. The highest BCUT2D eigenvalue weighted by Gasteiger charge is 2.44. The van der Waals surface area contributed by atoms with Crippen LogP contribution in [0.1, 0.15) is 25.3 Å². The second-order valence-corrected chi connectivity index (χ2v) is 8.61. The first-order chi connectivity index (χ1) is 15.4. The van der Waals surface area contributed by atoms with Crippen LogP contribution in [0.5, 0.6) is 0 Å². The van der Waals surface area contributed by atoms with Crippen LogP contribution in [0.3, 0.4) is 0 Å². The van der Waals surface area contributed by atoms with E-state index in [2.05, 4.69) is 10.1 Å². The molecule has 1 heterocycles. The van der Waals surface area contributed by atoms with Crippen molar-refractivity contribution in [3.8, 4) is 0 Å². The lowest BCUT2D eigenvalue weighted by Crippen LogP contribution is -2.64. The summed E-state index contributed by atoms with van der Waals surface area (Å²) in [5.74, 6) is -1.40. The van der Waals surface area contributed by atoms with Gasteiger partial charge in [-0.2, -0.15) is 8.78 Å². The number of piperidine rings is 1. The van der Waals surface area contributed by atoms with Gasteiger partial charge in [0, 0.05) is 25.2 Å². The van der Waals surface area contributed by atoms with E-state index in [1.807, 2.05) is 0 Å². The van der Waals surface area contributed by atoms with E-state index >= 15 is 0 Å². The number of hydrogen-bond acceptors (Lipinski definition) is 5. The van der Waals surface area contributed by atoms with Gasteiger partial charge < -0.3 is 30.7 Å². The molecule has 1 aliphatic rings. The molecule has 3 atom stereocenters. The first-order valence-electron chi connectivity index (χ1n) is 10.4. The van der Waals surface area contributed by atoms with E-state index in [9.17, 15) is 28.3 Å². The summed E-state index contributed by atoms with van der Waals surface area (Å²) < 4.78 is 29.7. The van der Waals surface area contributed by atoms with Crippen LogP contribution < -0.4 is 11.1 Å². The summed E-state index contributed by atoms with van der Waals surface area (Å²) in [4.78, 5) is 39.7. The van der Waals surface area contributed by atoms with Gasteiger partial charge in [-0.25, -0.2) is 4.79 Å². The minimum atomic E-state index is -3.14. The molecule has 0 saturated carbocycles. The van der Waals surface area contributed by atoms with Crippen LogP contribution in [0.4, 0.5) is 13.6 Å². The molecule has 4 N–H and O–H groups in total. The zero-order valence-electron chi connectivity index (χ0n) is 18.5. The van der Waals surface area contributed by atoms with E-state index in [0.717, 1.165) is 5.56 Å². The third-order valence-corrected chi connectivity index (χ3v) is 5.98. The Bertz CT molecular complexity index is 842. The minimum Gasteiger partial charge on any atom is -0.465 e. The molecule has 33 heavy (non-hydrogen) atoms. The summed E-state index contributed by atoms with van der Waals surface area (Å²) in [7, 11) is 1.47. The van der Waals surface area contributed by atoms with Crippen LogP contribution in [0, 0.1) is 0 Å². The lowest BCUT2D eigenvalue weighted by Gasteiger charge is -2.48. The van der Waals surface area contributed by atoms with Crippen molar-refractivity contribution < 1.29 is 33.0 Å². The van der Waals surface area contributed by atoms with Gasteiger partial charge in [-0.15, -0.1) is 0 Å². The van der Waals surface area contributed by atoms with Gasteiger partial charge in [-0.1, -0.05) is 23.7 Å². The molecular formula is C21H29ClF2N4O5. The fraction of sp³-hybridized carbons (Fsp3) is 0.571. The van der Waals surface area contributed by atoms with Crippen molar-refractivity contribution in [1.29, 1.82) is 0 Å². The van der Waals surface area contributed by atoms with Crippen molar-refractivity contribution in [3.63, 3.8) is 0 Å². The van der Waals surface area contributed by atoms with E-state index in [0.29, 0.717) is 30.8 Å². The fourth-order valence-electron chi connectivity index (χ4n) is 3.91. The maximum absolute atomic E-state index is 13.4. The SMILES string of the molecule is CC(N)C(=O)NC(COC(F)F)C(=O)N(C)[C@@]1(Cc2ccc(Cl)cc2)CCCN(C(=O)O)C1. The molecular weight excluding hydrogens is 462 g/mol. The van der Waals surface area contributed by atoms with Crippen molar-refractivity contribution in [2.24, 2.45) is 5.73 Å². The highest BCUT2D eigenvalue weighted by Crippen LogP contribution is 2.32. The van der Waals surface area contributed by atoms with Crippen molar-refractivity contribution >= 4 is 29.5 Å². The normalized spacial score (nSPS) is 20.3. The van der Waals surface area contributed by atoms with Gasteiger partial charge in [0.15, 0.2) is 0 Å². The maximum atomic E-state index is 13.4. The standard InChI is InChI=1S/C21H29ClF2N4O5/c1-13(25)17(29)26-16(11-33-19(23)24)18(30)27(2)21(8-3-9-28(12-21)20(31)32)10-14-4-6-15(22)7-5-14/h4-7,13,16,19H,3,8-12,25H2,1-2H3,(H,26,29)(H,31,32)/t13?,16?,21-/m1/s1. The molecule has 0 aliphatic carbocycles. The number of carbonyl (C=O) groups excluding carboxylic acids is 2. The molecule has 2 rings (SSSR count). The molecule has 1 aromatic carbocycles. The number of rotatable bonds is 9. The Labute approximate surface area is 195 Å². The minimum absolute atomic E-state index is 0.0108. The lowest BCUT2D eigenvalue weighted by atomic mass is 9.81. The summed E-state index contributed by atoms with van der Waals surface area (Å²) in [6, 6.07) is 4.52. The predicted octanol–water partition coefficient (Wildman–Crippen LogP) is 1.92. The summed E-state index contributed by atoms with van der Waals surface area (Å²) in [6.07, 6.45) is 0.117. The number of ether oxygens (including phenoxy) is 1. The van der Waals surface area contributed by atoms with E-state index in [1.54, 1.807) is 24.3 Å². The number of nitrogens with zero attached hydrogens (tertiary/aromatic N) is 2. The van der Waals surface area contributed by atoms with Crippen LogP contribution >= 0.6 is 11.6 Å². The number of carboxylic acid groups (broad SMARTS) is 1. The first-order valence-corrected chi connectivity index (χ1v) is 10.8. The molecule has 2 unspecified atom stereocenters. The summed E-state index contributed by atoms with van der Waals surface area (Å²) in [5, 5.41) is 12.4. The number of nitrogens with two attached hydrogens (primary N) is 1. The third-order valence-electron chi connectivity index (χ3n) is 5.73. The van der Waals surface area contributed by atoms with E-state index in [4.69, 9.17) is 17.3 Å². The van der Waals surface area contributed by atoms with Crippen LogP contribution in [-0.2, 0) is 20.7 Å². The fourth-order valence-corrected chi connectivity index (χ4v) is 4.03. The van der Waals surface area contributed by atoms with Gasteiger partial charge in [-0.05, 0) is 43.9 Å². The quantitative estimate of drug-likeness (QED) is 0.485. The Balaban J connectivity index is 2.37. The number of amides is 3. The summed E-state index contributed by atoms with van der Waals surface area (Å²) in [5.41, 5.74) is 5.37. The molecule has 0 bridgehead atoms. The summed E-state index contributed by atoms with van der Waals surface area (Å²) in [6.45, 7) is -2.20. The number of halogens is 3. The van der Waals surface area contributed by atoms with Crippen molar-refractivity contribution in [1.82, 2.24) is 15.1 Å².